The van der Waals surface area contributed by atoms with Gasteiger partial charge in [-0.15, -0.1) is 0 Å². The molecular weight excluding hydrogens is 246 g/mol. The number of non-ortho nitro benzene ring substituents is 1. The second-order valence-corrected chi connectivity index (χ2v) is 4.20. The number of benzene rings is 1. The van der Waals surface area contributed by atoms with Crippen LogP contribution < -0.4 is 4.90 Å². The van der Waals surface area contributed by atoms with Crippen molar-refractivity contribution in [2.75, 3.05) is 31.6 Å². The molecule has 0 bridgehead atoms. The standard InChI is InChI=1S/C13H19N3O3/c1-4-15(5-2)13(17)10-14(3)11-6-8-12(9-7-11)16(18)19/h6-9H,4-5,10H2,1-3H3. The van der Waals surface area contributed by atoms with Gasteiger partial charge in [0.25, 0.3) is 5.69 Å². The zero-order valence-electron chi connectivity index (χ0n) is 11.5. The van der Waals surface area contributed by atoms with Crippen molar-refractivity contribution in [1.29, 1.82) is 0 Å². The molecule has 0 aliphatic rings. The number of amides is 1. The predicted octanol–water partition coefficient (Wildman–Crippen LogP) is 1.90. The number of hydrogen-bond donors (Lipinski definition) is 0. The molecule has 0 saturated carbocycles. The van der Waals surface area contributed by atoms with Gasteiger partial charge >= 0.3 is 0 Å². The smallest absolute Gasteiger partial charge is 0.269 e. The molecule has 0 saturated heterocycles. The van der Waals surface area contributed by atoms with Gasteiger partial charge in [-0.1, -0.05) is 0 Å². The van der Waals surface area contributed by atoms with Gasteiger partial charge in [-0.3, -0.25) is 14.9 Å². The van der Waals surface area contributed by atoms with E-state index in [9.17, 15) is 14.9 Å². The summed E-state index contributed by atoms with van der Waals surface area (Å²) in [7, 11) is 1.79. The monoisotopic (exact) mass is 265 g/mol. The van der Waals surface area contributed by atoms with E-state index in [0.29, 0.717) is 13.1 Å². The maximum absolute atomic E-state index is 11.9. The van der Waals surface area contributed by atoms with Crippen molar-refractivity contribution < 1.29 is 9.72 Å². The lowest BCUT2D eigenvalue weighted by atomic mass is 10.2. The maximum Gasteiger partial charge on any atom is 0.269 e. The molecule has 0 radical (unpaired) electrons. The summed E-state index contributed by atoms with van der Waals surface area (Å²) in [5, 5.41) is 10.6. The SMILES string of the molecule is CCN(CC)C(=O)CN(C)c1ccc([N+](=O)[O-])cc1. The number of nitrogens with zero attached hydrogens (tertiary/aromatic N) is 3. The Morgan fingerprint density at radius 3 is 2.16 bits per heavy atom. The third kappa shape index (κ3) is 3.94. The van der Waals surface area contributed by atoms with E-state index in [0.717, 1.165) is 5.69 Å². The molecule has 0 aromatic heterocycles. The normalized spacial score (nSPS) is 10.1. The number of anilines is 1. The Balaban J connectivity index is 2.70. The number of hydrogen-bond acceptors (Lipinski definition) is 4. The molecule has 19 heavy (non-hydrogen) atoms. The van der Waals surface area contributed by atoms with Crippen molar-refractivity contribution in [1.82, 2.24) is 4.90 Å². The molecule has 1 rings (SSSR count). The second kappa shape index (κ2) is 6.72. The third-order valence-electron chi connectivity index (χ3n) is 2.99. The van der Waals surface area contributed by atoms with Gasteiger partial charge in [0.15, 0.2) is 0 Å². The molecule has 0 aliphatic heterocycles. The van der Waals surface area contributed by atoms with Gasteiger partial charge < -0.3 is 9.80 Å². The Morgan fingerprint density at radius 1 is 1.21 bits per heavy atom. The molecule has 6 heteroatoms. The molecule has 0 aliphatic carbocycles. The average molecular weight is 265 g/mol. The first-order valence-electron chi connectivity index (χ1n) is 6.23. The van der Waals surface area contributed by atoms with Crippen LogP contribution in [0, 0.1) is 10.1 Å². The van der Waals surface area contributed by atoms with Crippen molar-refractivity contribution in [3.05, 3.63) is 34.4 Å². The summed E-state index contributed by atoms with van der Waals surface area (Å²) in [6.45, 7) is 5.51. The number of nitro benzene ring substituents is 1. The summed E-state index contributed by atoms with van der Waals surface area (Å²) < 4.78 is 0. The first kappa shape index (κ1) is 14.9. The number of carbonyl (C=O) groups excluding carboxylic acids is 1. The fourth-order valence-electron chi connectivity index (χ4n) is 1.80. The van der Waals surface area contributed by atoms with Crippen LogP contribution in [0.25, 0.3) is 0 Å². The lowest BCUT2D eigenvalue weighted by molar-refractivity contribution is -0.384. The van der Waals surface area contributed by atoms with Gasteiger partial charge in [-0.2, -0.15) is 0 Å². The average Bonchev–Trinajstić information content (AvgIpc) is 2.40. The summed E-state index contributed by atoms with van der Waals surface area (Å²) in [6.07, 6.45) is 0. The van der Waals surface area contributed by atoms with E-state index >= 15 is 0 Å². The summed E-state index contributed by atoms with van der Waals surface area (Å²) in [6, 6.07) is 6.17. The first-order chi connectivity index (χ1) is 8.99. The Hall–Kier alpha value is -2.11. The molecule has 104 valence electrons. The molecule has 0 unspecified atom stereocenters. The Morgan fingerprint density at radius 2 is 1.74 bits per heavy atom. The van der Waals surface area contributed by atoms with E-state index in [4.69, 9.17) is 0 Å². The fraction of sp³-hybridized carbons (Fsp3) is 0.462. The van der Waals surface area contributed by atoms with E-state index in [2.05, 4.69) is 0 Å². The quantitative estimate of drug-likeness (QED) is 0.582. The van der Waals surface area contributed by atoms with Crippen LogP contribution in [0.4, 0.5) is 11.4 Å². The lowest BCUT2D eigenvalue weighted by Gasteiger charge is -2.24. The minimum Gasteiger partial charge on any atom is -0.365 e. The van der Waals surface area contributed by atoms with Crippen molar-refractivity contribution in [2.45, 2.75) is 13.8 Å². The summed E-state index contributed by atoms with van der Waals surface area (Å²) in [5.41, 5.74) is 0.832. The van der Waals surface area contributed by atoms with Crippen LogP contribution in [0.2, 0.25) is 0 Å². The fourth-order valence-corrected chi connectivity index (χ4v) is 1.80. The molecule has 0 N–H and O–H groups in total. The third-order valence-corrected chi connectivity index (χ3v) is 2.99. The van der Waals surface area contributed by atoms with Crippen molar-refractivity contribution in [3.63, 3.8) is 0 Å². The van der Waals surface area contributed by atoms with Crippen LogP contribution in [0.3, 0.4) is 0 Å². The van der Waals surface area contributed by atoms with Gasteiger partial charge in [-0.25, -0.2) is 0 Å². The molecule has 1 amide bonds. The topological polar surface area (TPSA) is 66.7 Å². The van der Waals surface area contributed by atoms with Crippen molar-refractivity contribution in [3.8, 4) is 0 Å². The lowest BCUT2D eigenvalue weighted by Crippen LogP contribution is -2.38. The minimum absolute atomic E-state index is 0.0471. The number of nitro groups is 1. The van der Waals surface area contributed by atoms with E-state index in [1.165, 1.54) is 12.1 Å². The zero-order chi connectivity index (χ0) is 14.4. The van der Waals surface area contributed by atoms with E-state index in [-0.39, 0.29) is 18.1 Å². The first-order valence-corrected chi connectivity index (χ1v) is 6.23. The summed E-state index contributed by atoms with van der Waals surface area (Å²) >= 11 is 0. The van der Waals surface area contributed by atoms with Gasteiger partial charge in [0, 0.05) is 38.0 Å². The van der Waals surface area contributed by atoms with E-state index in [1.54, 1.807) is 29.0 Å². The highest BCUT2D eigenvalue weighted by molar-refractivity contribution is 5.81. The zero-order valence-corrected chi connectivity index (χ0v) is 11.5. The Labute approximate surface area is 112 Å². The van der Waals surface area contributed by atoms with Crippen LogP contribution in [-0.4, -0.2) is 42.4 Å². The van der Waals surface area contributed by atoms with E-state index in [1.807, 2.05) is 13.8 Å². The molecule has 0 atom stereocenters. The van der Waals surface area contributed by atoms with Crippen LogP contribution in [-0.2, 0) is 4.79 Å². The van der Waals surface area contributed by atoms with Crippen LogP contribution >= 0.6 is 0 Å². The second-order valence-electron chi connectivity index (χ2n) is 4.20. The molecule has 1 aromatic carbocycles. The van der Waals surface area contributed by atoms with Crippen LogP contribution in [0.15, 0.2) is 24.3 Å². The van der Waals surface area contributed by atoms with Crippen LogP contribution in [0.5, 0.6) is 0 Å². The highest BCUT2D eigenvalue weighted by Gasteiger charge is 2.13. The molecule has 0 spiro atoms. The van der Waals surface area contributed by atoms with Crippen molar-refractivity contribution in [2.24, 2.45) is 0 Å². The maximum atomic E-state index is 11.9. The van der Waals surface area contributed by atoms with Gasteiger partial charge in [0.2, 0.25) is 5.91 Å². The number of carbonyl (C=O) groups is 1. The Kier molecular flexibility index (Phi) is 5.29. The molecule has 0 fully saturated rings. The van der Waals surface area contributed by atoms with Gasteiger partial charge in [-0.05, 0) is 26.0 Å². The Bertz CT molecular complexity index is 441. The highest BCUT2D eigenvalue weighted by Crippen LogP contribution is 2.18. The van der Waals surface area contributed by atoms with Gasteiger partial charge in [0.05, 0.1) is 11.5 Å². The van der Waals surface area contributed by atoms with Gasteiger partial charge in [0.1, 0.15) is 0 Å². The highest BCUT2D eigenvalue weighted by atomic mass is 16.6. The number of likely N-dealkylation sites (N-methyl/N-ethyl adjacent to an activating group) is 2. The molecule has 1 aromatic rings. The summed E-state index contributed by atoms with van der Waals surface area (Å²) in [5.74, 6) is 0.0471. The largest absolute Gasteiger partial charge is 0.365 e. The molecular formula is C13H19N3O3. The van der Waals surface area contributed by atoms with Crippen molar-refractivity contribution >= 4 is 17.3 Å². The predicted molar refractivity (Wildman–Crippen MR) is 74.3 cm³/mol. The summed E-state index contributed by atoms with van der Waals surface area (Å²) in [4.78, 5) is 25.6. The molecule has 0 heterocycles. The van der Waals surface area contributed by atoms with Crippen LogP contribution in [0.1, 0.15) is 13.8 Å². The van der Waals surface area contributed by atoms with E-state index < -0.39 is 4.92 Å². The molecule has 6 nitrogen and oxygen atoms in total. The number of rotatable bonds is 6. The minimum atomic E-state index is -0.440.